The SMILES string of the molecule is C/C=C\CCCCCCCC(=O)OC[C@H](COP(=O)(O)OCC[N+](C)(C)C)OC(=O)CCCCCCC/C=C/CCCCCCCC. The van der Waals surface area contributed by atoms with Crippen molar-refractivity contribution in [1.29, 1.82) is 0 Å². The van der Waals surface area contributed by atoms with E-state index in [1.165, 1.54) is 44.9 Å². The van der Waals surface area contributed by atoms with Crippen molar-refractivity contribution in [2.75, 3.05) is 47.5 Å². The Morgan fingerprint density at radius 3 is 1.70 bits per heavy atom. The Balaban J connectivity index is 4.43. The zero-order chi connectivity index (χ0) is 35.1. The number of phosphoric ester groups is 1. The van der Waals surface area contributed by atoms with Crippen molar-refractivity contribution in [3.05, 3.63) is 24.3 Å². The Morgan fingerprint density at radius 1 is 0.681 bits per heavy atom. The van der Waals surface area contributed by atoms with E-state index in [1.807, 2.05) is 28.1 Å². The van der Waals surface area contributed by atoms with E-state index in [1.54, 1.807) is 0 Å². The van der Waals surface area contributed by atoms with E-state index in [2.05, 4.69) is 31.2 Å². The van der Waals surface area contributed by atoms with Gasteiger partial charge in [0.2, 0.25) is 0 Å². The van der Waals surface area contributed by atoms with Crippen molar-refractivity contribution in [3.63, 3.8) is 0 Å². The normalized spacial score (nSPS) is 14.1. The summed E-state index contributed by atoms with van der Waals surface area (Å²) in [4.78, 5) is 35.0. The van der Waals surface area contributed by atoms with Gasteiger partial charge in [-0.2, -0.15) is 0 Å². The maximum absolute atomic E-state index is 12.6. The van der Waals surface area contributed by atoms with Crippen LogP contribution in [0, 0.1) is 0 Å². The van der Waals surface area contributed by atoms with Gasteiger partial charge < -0.3 is 18.9 Å². The van der Waals surface area contributed by atoms with Gasteiger partial charge in [-0.15, -0.1) is 0 Å². The van der Waals surface area contributed by atoms with Gasteiger partial charge in [0.25, 0.3) is 0 Å². The number of nitrogens with zero attached hydrogens (tertiary/aromatic N) is 1. The van der Waals surface area contributed by atoms with Crippen LogP contribution in [0.5, 0.6) is 0 Å². The molecular formula is C37H71NO8P+. The summed E-state index contributed by atoms with van der Waals surface area (Å²) in [5, 5.41) is 0. The third-order valence-electron chi connectivity index (χ3n) is 7.80. The number of carbonyl (C=O) groups excluding carboxylic acids is 2. The molecule has 0 saturated heterocycles. The number of quaternary nitrogens is 1. The molecule has 0 amide bonds. The number of rotatable bonds is 33. The summed E-state index contributed by atoms with van der Waals surface area (Å²) in [7, 11) is 1.46. The molecule has 0 aliphatic carbocycles. The van der Waals surface area contributed by atoms with Crippen LogP contribution < -0.4 is 0 Å². The molecule has 0 rings (SSSR count). The molecule has 0 aliphatic heterocycles. The zero-order valence-corrected chi connectivity index (χ0v) is 31.7. The molecule has 1 unspecified atom stereocenters. The summed E-state index contributed by atoms with van der Waals surface area (Å²) in [6, 6.07) is 0. The van der Waals surface area contributed by atoms with Gasteiger partial charge in [0, 0.05) is 12.8 Å². The zero-order valence-electron chi connectivity index (χ0n) is 30.8. The minimum absolute atomic E-state index is 0.0293. The monoisotopic (exact) mass is 688 g/mol. The third kappa shape index (κ3) is 34.2. The predicted molar refractivity (Wildman–Crippen MR) is 192 cm³/mol. The minimum Gasteiger partial charge on any atom is -0.462 e. The largest absolute Gasteiger partial charge is 0.472 e. The second kappa shape index (κ2) is 30.5. The predicted octanol–water partition coefficient (Wildman–Crippen LogP) is 9.63. The fraction of sp³-hybridized carbons (Fsp3) is 0.838. The number of ether oxygens (including phenoxy) is 2. The van der Waals surface area contributed by atoms with E-state index in [-0.39, 0.29) is 32.0 Å². The first kappa shape index (κ1) is 45.5. The summed E-state index contributed by atoms with van der Waals surface area (Å²) in [6.45, 7) is 4.16. The van der Waals surface area contributed by atoms with Crippen molar-refractivity contribution >= 4 is 19.8 Å². The van der Waals surface area contributed by atoms with Crippen LogP contribution in [0.2, 0.25) is 0 Å². The van der Waals surface area contributed by atoms with Crippen LogP contribution in [0.3, 0.4) is 0 Å². The van der Waals surface area contributed by atoms with Crippen molar-refractivity contribution in [2.24, 2.45) is 0 Å². The maximum Gasteiger partial charge on any atom is 0.472 e. The summed E-state index contributed by atoms with van der Waals surface area (Å²) in [5.41, 5.74) is 0. The number of likely N-dealkylation sites (N-methyl/N-ethyl adjacent to an activating group) is 1. The molecular weight excluding hydrogens is 617 g/mol. The molecule has 0 heterocycles. The lowest BCUT2D eigenvalue weighted by atomic mass is 10.1. The molecule has 10 heteroatoms. The van der Waals surface area contributed by atoms with Gasteiger partial charge in [-0.25, -0.2) is 4.57 Å². The first-order chi connectivity index (χ1) is 22.5. The van der Waals surface area contributed by atoms with Crippen LogP contribution in [0.1, 0.15) is 149 Å². The number of esters is 2. The first-order valence-electron chi connectivity index (χ1n) is 18.5. The van der Waals surface area contributed by atoms with Crippen LogP contribution in [-0.4, -0.2) is 74.9 Å². The van der Waals surface area contributed by atoms with Crippen LogP contribution in [0.4, 0.5) is 0 Å². The molecule has 0 aromatic heterocycles. The van der Waals surface area contributed by atoms with E-state index >= 15 is 0 Å². The number of allylic oxidation sites excluding steroid dienone is 4. The van der Waals surface area contributed by atoms with Crippen LogP contribution in [0.25, 0.3) is 0 Å². The quantitative estimate of drug-likeness (QED) is 0.0239. The van der Waals surface area contributed by atoms with Crippen molar-refractivity contribution in [1.82, 2.24) is 0 Å². The maximum atomic E-state index is 12.6. The molecule has 0 bridgehead atoms. The Morgan fingerprint density at radius 2 is 1.17 bits per heavy atom. The summed E-state index contributed by atoms with van der Waals surface area (Å²) in [6.07, 6.45) is 29.6. The molecule has 276 valence electrons. The van der Waals surface area contributed by atoms with Gasteiger partial charge in [-0.3, -0.25) is 18.6 Å². The van der Waals surface area contributed by atoms with Gasteiger partial charge in [0.1, 0.15) is 19.8 Å². The lowest BCUT2D eigenvalue weighted by Gasteiger charge is -2.24. The average molecular weight is 689 g/mol. The van der Waals surface area contributed by atoms with Crippen molar-refractivity contribution in [2.45, 2.75) is 155 Å². The molecule has 0 aromatic rings. The molecule has 0 spiro atoms. The number of phosphoric acid groups is 1. The van der Waals surface area contributed by atoms with E-state index in [0.29, 0.717) is 17.4 Å². The van der Waals surface area contributed by atoms with Crippen LogP contribution >= 0.6 is 7.82 Å². The number of hydrogen-bond acceptors (Lipinski definition) is 7. The standard InChI is InChI=1S/C37H70NO8P/c1-6-8-10-12-14-16-17-18-19-20-21-22-24-26-28-30-37(40)46-35(34-45-47(41,42)44-32-31-38(3,4)5)33-43-36(39)29-27-25-23-15-13-11-9-7-2/h7,9,18-19,35H,6,8,10-17,20-34H2,1-5H3/p+1/b9-7-,19-18+/t35-/m1/s1. The molecule has 0 radical (unpaired) electrons. The van der Waals surface area contributed by atoms with Gasteiger partial charge >= 0.3 is 19.8 Å². The second-order valence-corrected chi connectivity index (χ2v) is 15.1. The molecule has 2 atom stereocenters. The Labute approximate surface area is 288 Å². The van der Waals surface area contributed by atoms with Crippen LogP contribution in [0.15, 0.2) is 24.3 Å². The molecule has 0 aromatic carbocycles. The average Bonchev–Trinajstić information content (AvgIpc) is 3.01. The lowest BCUT2D eigenvalue weighted by Crippen LogP contribution is -2.37. The molecule has 9 nitrogen and oxygen atoms in total. The molecule has 1 N–H and O–H groups in total. The van der Waals surface area contributed by atoms with Gasteiger partial charge in [-0.05, 0) is 58.3 Å². The van der Waals surface area contributed by atoms with E-state index in [4.69, 9.17) is 18.5 Å². The van der Waals surface area contributed by atoms with Crippen molar-refractivity contribution < 1.29 is 42.1 Å². The summed E-state index contributed by atoms with van der Waals surface area (Å²) < 4.78 is 34.0. The summed E-state index contributed by atoms with van der Waals surface area (Å²) >= 11 is 0. The molecule has 0 fully saturated rings. The first-order valence-corrected chi connectivity index (χ1v) is 20.0. The van der Waals surface area contributed by atoms with E-state index in [0.717, 1.165) is 70.6 Å². The van der Waals surface area contributed by atoms with Crippen LogP contribution in [-0.2, 0) is 32.7 Å². The highest BCUT2D eigenvalue weighted by molar-refractivity contribution is 7.47. The Hall–Kier alpha value is -1.51. The van der Waals surface area contributed by atoms with Gasteiger partial charge in [-0.1, -0.05) is 102 Å². The van der Waals surface area contributed by atoms with Gasteiger partial charge in [0.15, 0.2) is 6.10 Å². The number of unbranched alkanes of at least 4 members (excludes halogenated alkanes) is 16. The fourth-order valence-corrected chi connectivity index (χ4v) is 5.57. The summed E-state index contributed by atoms with van der Waals surface area (Å²) in [5.74, 6) is -0.826. The molecule has 47 heavy (non-hydrogen) atoms. The highest BCUT2D eigenvalue weighted by Crippen LogP contribution is 2.43. The highest BCUT2D eigenvalue weighted by atomic mass is 31.2. The lowest BCUT2D eigenvalue weighted by molar-refractivity contribution is -0.870. The smallest absolute Gasteiger partial charge is 0.462 e. The Bertz CT molecular complexity index is 871. The van der Waals surface area contributed by atoms with E-state index in [9.17, 15) is 19.0 Å². The minimum atomic E-state index is -4.36. The molecule has 0 saturated carbocycles. The fourth-order valence-electron chi connectivity index (χ4n) is 4.83. The third-order valence-corrected chi connectivity index (χ3v) is 8.78. The highest BCUT2D eigenvalue weighted by Gasteiger charge is 2.27. The Kier molecular flexibility index (Phi) is 29.6. The second-order valence-electron chi connectivity index (χ2n) is 13.6. The van der Waals surface area contributed by atoms with E-state index < -0.39 is 26.5 Å². The van der Waals surface area contributed by atoms with Gasteiger partial charge in [0.05, 0.1) is 27.7 Å². The van der Waals surface area contributed by atoms with Crippen molar-refractivity contribution in [3.8, 4) is 0 Å². The topological polar surface area (TPSA) is 108 Å². The number of hydrogen-bond donors (Lipinski definition) is 1. The molecule has 0 aliphatic rings. The number of carbonyl (C=O) groups is 2.